The van der Waals surface area contributed by atoms with Gasteiger partial charge in [0.25, 0.3) is 0 Å². The number of hydrogen-bond donors (Lipinski definition) is 1. The monoisotopic (exact) mass is 204 g/mol. The Hall–Kier alpha value is -0.820. The molecule has 0 radical (unpaired) electrons. The summed E-state index contributed by atoms with van der Waals surface area (Å²) in [6.45, 7) is 2.00. The van der Waals surface area contributed by atoms with Crippen LogP contribution in [0.2, 0.25) is 0 Å². The number of benzene rings is 1. The lowest BCUT2D eigenvalue weighted by atomic mass is 9.92. The van der Waals surface area contributed by atoms with Crippen LogP contribution in [0.1, 0.15) is 38.2 Å². The average molecular weight is 204 g/mol. The zero-order valence-electron chi connectivity index (χ0n) is 9.45. The highest BCUT2D eigenvalue weighted by molar-refractivity contribution is 5.14. The van der Waals surface area contributed by atoms with Gasteiger partial charge in [-0.25, -0.2) is 0 Å². The van der Waals surface area contributed by atoms with Crippen molar-refractivity contribution in [1.82, 2.24) is 0 Å². The fraction of sp³-hybridized carbons (Fsp3) is 0.571. The van der Waals surface area contributed by atoms with Crippen LogP contribution < -0.4 is 0 Å². The Kier molecular flexibility index (Phi) is 3.11. The van der Waals surface area contributed by atoms with E-state index < -0.39 is 5.60 Å². The topological polar surface area (TPSA) is 20.2 Å². The lowest BCUT2D eigenvalue weighted by molar-refractivity contribution is 0.0262. The Balaban J connectivity index is 1.75. The maximum absolute atomic E-state index is 10.1. The van der Waals surface area contributed by atoms with Crippen LogP contribution in [0.15, 0.2) is 30.3 Å². The minimum absolute atomic E-state index is 0.408. The number of rotatable bonds is 5. The van der Waals surface area contributed by atoms with E-state index >= 15 is 0 Å². The molecule has 0 spiro atoms. The van der Waals surface area contributed by atoms with Gasteiger partial charge in [0.1, 0.15) is 0 Å². The normalized spacial score (nSPS) is 19.9. The number of aryl methyl sites for hydroxylation is 1. The van der Waals surface area contributed by atoms with Crippen LogP contribution in [0.5, 0.6) is 0 Å². The van der Waals surface area contributed by atoms with Crippen molar-refractivity contribution in [3.05, 3.63) is 35.9 Å². The highest BCUT2D eigenvalue weighted by Crippen LogP contribution is 2.41. The van der Waals surface area contributed by atoms with E-state index in [9.17, 15) is 5.11 Å². The number of hydrogen-bond acceptors (Lipinski definition) is 1. The zero-order chi connectivity index (χ0) is 10.7. The van der Waals surface area contributed by atoms with Gasteiger partial charge < -0.3 is 5.11 Å². The Labute approximate surface area is 92.1 Å². The summed E-state index contributed by atoms with van der Waals surface area (Å²) in [5.74, 6) is 0.577. The van der Waals surface area contributed by atoms with E-state index in [1.165, 1.54) is 18.4 Å². The molecule has 1 fully saturated rings. The van der Waals surface area contributed by atoms with E-state index in [4.69, 9.17) is 0 Å². The van der Waals surface area contributed by atoms with E-state index in [-0.39, 0.29) is 0 Å². The van der Waals surface area contributed by atoms with E-state index in [1.54, 1.807) is 0 Å². The molecule has 82 valence electrons. The summed E-state index contributed by atoms with van der Waals surface area (Å²) in [7, 11) is 0. The lowest BCUT2D eigenvalue weighted by Crippen LogP contribution is -2.26. The van der Waals surface area contributed by atoms with Crippen LogP contribution in [-0.4, -0.2) is 10.7 Å². The van der Waals surface area contributed by atoms with Crippen molar-refractivity contribution < 1.29 is 5.11 Å². The van der Waals surface area contributed by atoms with Gasteiger partial charge in [0, 0.05) is 0 Å². The lowest BCUT2D eigenvalue weighted by Gasteiger charge is -2.22. The average Bonchev–Trinajstić information content (AvgIpc) is 3.02. The first-order valence-corrected chi connectivity index (χ1v) is 5.95. The molecule has 0 heterocycles. The van der Waals surface area contributed by atoms with E-state index in [1.807, 2.05) is 13.0 Å². The van der Waals surface area contributed by atoms with Crippen molar-refractivity contribution in [3.8, 4) is 0 Å². The second-order valence-corrected chi connectivity index (χ2v) is 4.97. The Bertz CT molecular complexity index is 298. The van der Waals surface area contributed by atoms with Gasteiger partial charge in [-0.3, -0.25) is 0 Å². The van der Waals surface area contributed by atoms with Gasteiger partial charge in [0.2, 0.25) is 0 Å². The maximum Gasteiger partial charge on any atom is 0.0647 e. The SMILES string of the molecule is CC(O)(CCCc1ccccc1)C1CC1. The molecule has 2 rings (SSSR count). The van der Waals surface area contributed by atoms with Gasteiger partial charge in [-0.15, -0.1) is 0 Å². The van der Waals surface area contributed by atoms with Crippen molar-refractivity contribution in [2.24, 2.45) is 5.92 Å². The molecule has 0 bridgehead atoms. The molecule has 0 amide bonds. The molecule has 1 atom stereocenters. The standard InChI is InChI=1S/C14H20O/c1-14(15,13-9-10-13)11-5-8-12-6-3-2-4-7-12/h2-4,6-7,13,15H,5,8-11H2,1H3. The third kappa shape index (κ3) is 3.07. The molecule has 1 unspecified atom stereocenters. The third-order valence-corrected chi connectivity index (χ3v) is 3.45. The zero-order valence-corrected chi connectivity index (χ0v) is 9.45. The molecule has 1 aliphatic rings. The summed E-state index contributed by atoms with van der Waals surface area (Å²) in [4.78, 5) is 0. The van der Waals surface area contributed by atoms with Gasteiger partial charge >= 0.3 is 0 Å². The largest absolute Gasteiger partial charge is 0.390 e. The minimum Gasteiger partial charge on any atom is -0.390 e. The highest BCUT2D eigenvalue weighted by atomic mass is 16.3. The van der Waals surface area contributed by atoms with Gasteiger partial charge in [-0.05, 0) is 50.5 Å². The van der Waals surface area contributed by atoms with Gasteiger partial charge in [0.15, 0.2) is 0 Å². The van der Waals surface area contributed by atoms with E-state index in [0.29, 0.717) is 5.92 Å². The molecule has 1 saturated carbocycles. The van der Waals surface area contributed by atoms with Crippen LogP contribution in [0.4, 0.5) is 0 Å². The molecule has 0 saturated heterocycles. The molecule has 1 nitrogen and oxygen atoms in total. The quantitative estimate of drug-likeness (QED) is 0.781. The van der Waals surface area contributed by atoms with Crippen molar-refractivity contribution in [3.63, 3.8) is 0 Å². The summed E-state index contributed by atoms with van der Waals surface area (Å²) < 4.78 is 0. The van der Waals surface area contributed by atoms with Crippen molar-refractivity contribution in [1.29, 1.82) is 0 Å². The predicted molar refractivity (Wildman–Crippen MR) is 62.7 cm³/mol. The van der Waals surface area contributed by atoms with Crippen LogP contribution in [0.25, 0.3) is 0 Å². The van der Waals surface area contributed by atoms with E-state index in [2.05, 4.69) is 24.3 Å². The number of aliphatic hydroxyl groups is 1. The summed E-state index contributed by atoms with van der Waals surface area (Å²) in [6.07, 6.45) is 5.56. The summed E-state index contributed by atoms with van der Waals surface area (Å²) in [5, 5.41) is 10.1. The van der Waals surface area contributed by atoms with Gasteiger partial charge in [-0.1, -0.05) is 30.3 Å². The third-order valence-electron chi connectivity index (χ3n) is 3.45. The molecule has 1 aromatic carbocycles. The molecule has 1 aliphatic carbocycles. The smallest absolute Gasteiger partial charge is 0.0647 e. The first-order chi connectivity index (χ1) is 7.18. The van der Waals surface area contributed by atoms with Crippen LogP contribution in [0, 0.1) is 5.92 Å². The Morgan fingerprint density at radius 1 is 1.27 bits per heavy atom. The Morgan fingerprint density at radius 2 is 1.93 bits per heavy atom. The Morgan fingerprint density at radius 3 is 2.53 bits per heavy atom. The first-order valence-electron chi connectivity index (χ1n) is 5.95. The highest BCUT2D eigenvalue weighted by Gasteiger charge is 2.38. The molecule has 0 aliphatic heterocycles. The van der Waals surface area contributed by atoms with Crippen LogP contribution in [0.3, 0.4) is 0 Å². The maximum atomic E-state index is 10.1. The molecule has 1 aromatic rings. The fourth-order valence-corrected chi connectivity index (χ4v) is 2.20. The molecular formula is C14H20O. The predicted octanol–water partition coefficient (Wildman–Crippen LogP) is 3.17. The molecule has 1 N–H and O–H groups in total. The summed E-state index contributed by atoms with van der Waals surface area (Å²) in [5.41, 5.74) is 0.971. The molecular weight excluding hydrogens is 184 g/mol. The van der Waals surface area contributed by atoms with Crippen molar-refractivity contribution in [2.45, 2.75) is 44.6 Å². The second kappa shape index (κ2) is 4.36. The van der Waals surface area contributed by atoms with E-state index in [0.717, 1.165) is 19.3 Å². The molecule has 1 heteroatoms. The summed E-state index contributed by atoms with van der Waals surface area (Å²) >= 11 is 0. The first kappa shape index (κ1) is 10.7. The van der Waals surface area contributed by atoms with Crippen LogP contribution >= 0.6 is 0 Å². The minimum atomic E-state index is -0.408. The summed E-state index contributed by atoms with van der Waals surface area (Å²) in [6, 6.07) is 10.5. The van der Waals surface area contributed by atoms with Crippen molar-refractivity contribution in [2.75, 3.05) is 0 Å². The van der Waals surface area contributed by atoms with Gasteiger partial charge in [-0.2, -0.15) is 0 Å². The van der Waals surface area contributed by atoms with Gasteiger partial charge in [0.05, 0.1) is 5.60 Å². The second-order valence-electron chi connectivity index (χ2n) is 4.97. The van der Waals surface area contributed by atoms with Crippen LogP contribution in [-0.2, 0) is 6.42 Å². The molecule has 15 heavy (non-hydrogen) atoms. The fourth-order valence-electron chi connectivity index (χ4n) is 2.20. The molecule has 0 aromatic heterocycles. The van der Waals surface area contributed by atoms with Crippen molar-refractivity contribution >= 4 is 0 Å².